The van der Waals surface area contributed by atoms with E-state index in [2.05, 4.69) is 4.98 Å². The van der Waals surface area contributed by atoms with Gasteiger partial charge in [0.1, 0.15) is 11.9 Å². The van der Waals surface area contributed by atoms with Crippen LogP contribution in [-0.2, 0) is 0 Å². The first-order chi connectivity index (χ1) is 8.08. The van der Waals surface area contributed by atoms with Crippen LogP contribution in [0.2, 0.25) is 0 Å². The molecule has 1 aromatic heterocycles. The van der Waals surface area contributed by atoms with Gasteiger partial charge in [-0.05, 0) is 36.2 Å². The third kappa shape index (κ3) is 2.37. The van der Waals surface area contributed by atoms with E-state index in [1.807, 2.05) is 13.0 Å². The molecular formula is C13H15N3O. The molecule has 0 saturated carbocycles. The average Bonchev–Trinajstić information content (AvgIpc) is 2.32. The van der Waals surface area contributed by atoms with Crippen molar-refractivity contribution in [1.82, 2.24) is 4.98 Å². The molecular weight excluding hydrogens is 214 g/mol. The number of pyridine rings is 1. The number of hydrogen-bond donors (Lipinski definition) is 3. The Morgan fingerprint density at radius 1 is 1.18 bits per heavy atom. The second-order valence-corrected chi connectivity index (χ2v) is 4.06. The molecule has 0 spiro atoms. The lowest BCUT2D eigenvalue weighted by molar-refractivity contribution is 0.220. The van der Waals surface area contributed by atoms with E-state index in [0.29, 0.717) is 17.1 Å². The summed E-state index contributed by atoms with van der Waals surface area (Å²) in [5.41, 5.74) is 14.4. The van der Waals surface area contributed by atoms with Crippen molar-refractivity contribution in [3.63, 3.8) is 0 Å². The number of aromatic nitrogens is 1. The summed E-state index contributed by atoms with van der Waals surface area (Å²) < 4.78 is 0. The van der Waals surface area contributed by atoms with Crippen LogP contribution in [-0.4, -0.2) is 10.1 Å². The Balaban J connectivity index is 2.39. The molecule has 88 valence electrons. The quantitative estimate of drug-likeness (QED) is 0.683. The molecule has 0 aliphatic heterocycles. The Morgan fingerprint density at radius 2 is 1.82 bits per heavy atom. The Labute approximate surface area is 99.9 Å². The molecule has 0 bridgehead atoms. The molecule has 5 N–H and O–H groups in total. The number of aryl methyl sites for hydroxylation is 1. The number of aliphatic hydroxyl groups excluding tert-OH is 1. The number of aliphatic hydroxyl groups is 1. The average molecular weight is 229 g/mol. The van der Waals surface area contributed by atoms with Gasteiger partial charge in [0.25, 0.3) is 0 Å². The molecule has 2 aromatic rings. The summed E-state index contributed by atoms with van der Waals surface area (Å²) in [5, 5.41) is 10.2. The SMILES string of the molecule is Cc1cnc(N)c(C(O)c2ccc(N)cc2)c1. The second-order valence-electron chi connectivity index (χ2n) is 4.06. The van der Waals surface area contributed by atoms with E-state index < -0.39 is 6.10 Å². The number of nitrogens with zero attached hydrogens (tertiary/aromatic N) is 1. The largest absolute Gasteiger partial charge is 0.399 e. The van der Waals surface area contributed by atoms with Crippen LogP contribution in [0.4, 0.5) is 11.5 Å². The smallest absolute Gasteiger partial charge is 0.129 e. The van der Waals surface area contributed by atoms with Crippen molar-refractivity contribution in [3.05, 3.63) is 53.2 Å². The van der Waals surface area contributed by atoms with Crippen LogP contribution in [0.1, 0.15) is 22.8 Å². The summed E-state index contributed by atoms with van der Waals surface area (Å²) in [7, 11) is 0. The third-order valence-corrected chi connectivity index (χ3v) is 2.63. The van der Waals surface area contributed by atoms with Gasteiger partial charge >= 0.3 is 0 Å². The summed E-state index contributed by atoms with van der Waals surface area (Å²) in [4.78, 5) is 4.04. The Bertz CT molecular complexity index is 523. The Morgan fingerprint density at radius 3 is 2.47 bits per heavy atom. The fourth-order valence-electron chi connectivity index (χ4n) is 1.68. The molecule has 0 saturated heterocycles. The summed E-state index contributed by atoms with van der Waals surface area (Å²) in [6.45, 7) is 1.91. The van der Waals surface area contributed by atoms with Crippen LogP contribution in [0.3, 0.4) is 0 Å². The molecule has 0 aliphatic rings. The van der Waals surface area contributed by atoms with Gasteiger partial charge < -0.3 is 16.6 Å². The molecule has 1 unspecified atom stereocenters. The molecule has 0 radical (unpaired) electrons. The number of benzene rings is 1. The van der Waals surface area contributed by atoms with Crippen LogP contribution in [0.5, 0.6) is 0 Å². The van der Waals surface area contributed by atoms with Crippen molar-refractivity contribution in [2.45, 2.75) is 13.0 Å². The predicted molar refractivity (Wildman–Crippen MR) is 68.3 cm³/mol. The highest BCUT2D eigenvalue weighted by atomic mass is 16.3. The fourth-order valence-corrected chi connectivity index (χ4v) is 1.68. The summed E-state index contributed by atoms with van der Waals surface area (Å²) in [6, 6.07) is 8.89. The highest BCUT2D eigenvalue weighted by Gasteiger charge is 2.14. The first-order valence-corrected chi connectivity index (χ1v) is 5.33. The molecule has 17 heavy (non-hydrogen) atoms. The van der Waals surface area contributed by atoms with E-state index in [9.17, 15) is 5.11 Å². The normalized spacial score (nSPS) is 12.4. The topological polar surface area (TPSA) is 85.2 Å². The van der Waals surface area contributed by atoms with Crippen molar-refractivity contribution >= 4 is 11.5 Å². The van der Waals surface area contributed by atoms with E-state index in [0.717, 1.165) is 11.1 Å². The van der Waals surface area contributed by atoms with E-state index >= 15 is 0 Å². The number of nitrogen functional groups attached to an aromatic ring is 2. The number of anilines is 2. The van der Waals surface area contributed by atoms with E-state index in [-0.39, 0.29) is 0 Å². The summed E-state index contributed by atoms with van der Waals surface area (Å²) in [6.07, 6.45) is 0.900. The Hall–Kier alpha value is -2.07. The highest BCUT2D eigenvalue weighted by Crippen LogP contribution is 2.26. The first-order valence-electron chi connectivity index (χ1n) is 5.33. The minimum atomic E-state index is -0.775. The zero-order valence-electron chi connectivity index (χ0n) is 9.59. The molecule has 4 nitrogen and oxygen atoms in total. The molecule has 1 atom stereocenters. The summed E-state index contributed by atoms with van der Waals surface area (Å²) >= 11 is 0. The Kier molecular flexibility index (Phi) is 2.97. The van der Waals surface area contributed by atoms with Crippen molar-refractivity contribution in [2.24, 2.45) is 0 Å². The van der Waals surface area contributed by atoms with Gasteiger partial charge in [0.05, 0.1) is 0 Å². The van der Waals surface area contributed by atoms with Gasteiger partial charge in [0, 0.05) is 17.4 Å². The van der Waals surface area contributed by atoms with Crippen LogP contribution in [0.25, 0.3) is 0 Å². The maximum atomic E-state index is 10.2. The van der Waals surface area contributed by atoms with Gasteiger partial charge in [-0.25, -0.2) is 4.98 Å². The summed E-state index contributed by atoms with van der Waals surface area (Å²) in [5.74, 6) is 0.347. The van der Waals surface area contributed by atoms with Gasteiger partial charge in [0.15, 0.2) is 0 Å². The van der Waals surface area contributed by atoms with Gasteiger partial charge in [-0.1, -0.05) is 12.1 Å². The second kappa shape index (κ2) is 4.43. The van der Waals surface area contributed by atoms with E-state index in [4.69, 9.17) is 11.5 Å². The predicted octanol–water partition coefficient (Wildman–Crippen LogP) is 1.64. The van der Waals surface area contributed by atoms with Gasteiger partial charge in [-0.2, -0.15) is 0 Å². The van der Waals surface area contributed by atoms with Gasteiger partial charge in [-0.3, -0.25) is 0 Å². The molecule has 2 rings (SSSR count). The van der Waals surface area contributed by atoms with Gasteiger partial charge in [-0.15, -0.1) is 0 Å². The van der Waals surface area contributed by atoms with Crippen LogP contribution in [0, 0.1) is 6.92 Å². The molecule has 0 aliphatic carbocycles. The highest BCUT2D eigenvalue weighted by molar-refractivity contribution is 5.48. The van der Waals surface area contributed by atoms with Crippen LogP contribution < -0.4 is 11.5 Å². The van der Waals surface area contributed by atoms with Crippen molar-refractivity contribution in [2.75, 3.05) is 11.5 Å². The molecule has 4 heteroatoms. The maximum Gasteiger partial charge on any atom is 0.129 e. The number of nitrogens with two attached hydrogens (primary N) is 2. The standard InChI is InChI=1S/C13H15N3O/c1-8-6-11(13(15)16-7-8)12(17)9-2-4-10(14)5-3-9/h2-7,12,17H,14H2,1H3,(H2,15,16). The fraction of sp³-hybridized carbons (Fsp3) is 0.154. The molecule has 1 aromatic carbocycles. The minimum absolute atomic E-state index is 0.347. The van der Waals surface area contributed by atoms with E-state index in [1.54, 1.807) is 30.5 Å². The van der Waals surface area contributed by atoms with E-state index in [1.165, 1.54) is 0 Å². The van der Waals surface area contributed by atoms with Crippen LogP contribution >= 0.6 is 0 Å². The maximum absolute atomic E-state index is 10.2. The molecule has 0 fully saturated rings. The van der Waals surface area contributed by atoms with Crippen LogP contribution in [0.15, 0.2) is 36.5 Å². The molecule has 0 amide bonds. The third-order valence-electron chi connectivity index (χ3n) is 2.63. The molecule has 1 heterocycles. The lowest BCUT2D eigenvalue weighted by atomic mass is 10.0. The van der Waals surface area contributed by atoms with Crippen molar-refractivity contribution < 1.29 is 5.11 Å². The number of hydrogen-bond acceptors (Lipinski definition) is 4. The van der Waals surface area contributed by atoms with Gasteiger partial charge in [0.2, 0.25) is 0 Å². The zero-order chi connectivity index (χ0) is 12.4. The van der Waals surface area contributed by atoms with Crippen molar-refractivity contribution in [1.29, 1.82) is 0 Å². The first kappa shape index (κ1) is 11.4. The minimum Gasteiger partial charge on any atom is -0.399 e. The number of rotatable bonds is 2. The van der Waals surface area contributed by atoms with Crippen molar-refractivity contribution in [3.8, 4) is 0 Å². The lowest BCUT2D eigenvalue weighted by Crippen LogP contribution is -2.06. The lowest BCUT2D eigenvalue weighted by Gasteiger charge is -2.14. The zero-order valence-corrected chi connectivity index (χ0v) is 9.59. The monoisotopic (exact) mass is 229 g/mol.